The van der Waals surface area contributed by atoms with Gasteiger partial charge in [0.05, 0.1) is 11.8 Å². The molecule has 1 aliphatic rings. The van der Waals surface area contributed by atoms with Crippen LogP contribution >= 0.6 is 12.2 Å². The third-order valence-electron chi connectivity index (χ3n) is 3.06. The predicted octanol–water partition coefficient (Wildman–Crippen LogP) is 1.60. The van der Waals surface area contributed by atoms with Gasteiger partial charge in [0.15, 0.2) is 4.77 Å². The summed E-state index contributed by atoms with van der Waals surface area (Å²) in [6, 6.07) is 0. The zero-order chi connectivity index (χ0) is 11.9. The molecular formula is C11H17N3OS. The van der Waals surface area contributed by atoms with Crippen LogP contribution in [0.15, 0.2) is 0 Å². The van der Waals surface area contributed by atoms with E-state index in [4.69, 9.17) is 18.0 Å². The molecule has 1 unspecified atom stereocenters. The quantitative estimate of drug-likeness (QED) is 0.651. The summed E-state index contributed by atoms with van der Waals surface area (Å²) in [7, 11) is 0. The summed E-state index contributed by atoms with van der Waals surface area (Å²) in [6.45, 7) is 4.59. The highest BCUT2D eigenvalue weighted by Gasteiger charge is 2.33. The monoisotopic (exact) mass is 239 g/mol. The maximum Gasteiger partial charge on any atom is 0.197 e. The Balaban J connectivity index is 2.60. The van der Waals surface area contributed by atoms with Gasteiger partial charge in [-0.15, -0.1) is 0 Å². The number of nitrogens with two attached hydrogens (primary N) is 1. The first-order valence-electron chi connectivity index (χ1n) is 5.43. The highest BCUT2D eigenvalue weighted by Crippen LogP contribution is 2.40. The third-order valence-corrected chi connectivity index (χ3v) is 3.25. The molecule has 1 aliphatic carbocycles. The van der Waals surface area contributed by atoms with Crippen LogP contribution in [0.1, 0.15) is 43.3 Å². The van der Waals surface area contributed by atoms with Crippen molar-refractivity contribution in [2.75, 3.05) is 0 Å². The average molecular weight is 239 g/mol. The van der Waals surface area contributed by atoms with Crippen LogP contribution in [0.3, 0.4) is 0 Å². The van der Waals surface area contributed by atoms with E-state index in [-0.39, 0.29) is 5.41 Å². The second-order valence-electron chi connectivity index (χ2n) is 5.15. The van der Waals surface area contributed by atoms with Crippen molar-refractivity contribution in [3.63, 3.8) is 0 Å². The van der Waals surface area contributed by atoms with Crippen molar-refractivity contribution >= 4 is 12.2 Å². The van der Waals surface area contributed by atoms with Gasteiger partial charge in [-0.05, 0) is 30.5 Å². The highest BCUT2D eigenvalue weighted by atomic mass is 32.1. The fraction of sp³-hybridized carbons (Fsp3) is 0.636. The lowest BCUT2D eigenvalue weighted by Crippen LogP contribution is -2.28. The Morgan fingerprint density at radius 1 is 1.62 bits per heavy atom. The van der Waals surface area contributed by atoms with E-state index in [1.54, 1.807) is 0 Å². The second-order valence-corrected chi connectivity index (χ2v) is 5.53. The largest absolute Gasteiger partial charge is 0.388 e. The molecule has 1 heterocycles. The first-order chi connectivity index (χ1) is 7.43. The number of aromatic nitrogens is 2. The Kier molecular flexibility index (Phi) is 2.86. The number of H-pyrrole nitrogens is 1. The van der Waals surface area contributed by atoms with Gasteiger partial charge in [0.1, 0.15) is 0 Å². The van der Waals surface area contributed by atoms with E-state index in [9.17, 15) is 5.11 Å². The zero-order valence-corrected chi connectivity index (χ0v) is 10.4. The van der Waals surface area contributed by atoms with Crippen LogP contribution in [-0.4, -0.2) is 15.1 Å². The number of aliphatic hydroxyl groups excluding tert-OH is 1. The van der Waals surface area contributed by atoms with Gasteiger partial charge in [0.25, 0.3) is 0 Å². The number of aromatic amines is 1. The van der Waals surface area contributed by atoms with E-state index in [0.29, 0.717) is 11.3 Å². The molecule has 0 saturated heterocycles. The summed E-state index contributed by atoms with van der Waals surface area (Å²) >= 11 is 5.06. The molecule has 0 aromatic carbocycles. The lowest BCUT2D eigenvalue weighted by molar-refractivity contribution is 0.0966. The van der Waals surface area contributed by atoms with Crippen molar-refractivity contribution < 1.29 is 5.11 Å². The van der Waals surface area contributed by atoms with E-state index >= 15 is 0 Å². The van der Waals surface area contributed by atoms with Gasteiger partial charge in [-0.3, -0.25) is 0 Å². The molecule has 0 spiro atoms. The molecule has 0 radical (unpaired) electrons. The van der Waals surface area contributed by atoms with Gasteiger partial charge >= 0.3 is 0 Å². The molecule has 1 atom stereocenters. The van der Waals surface area contributed by atoms with Crippen LogP contribution in [-0.2, 0) is 13.0 Å². The third kappa shape index (κ3) is 2.03. The molecule has 0 amide bonds. The van der Waals surface area contributed by atoms with Crippen molar-refractivity contribution in [2.45, 2.75) is 39.3 Å². The van der Waals surface area contributed by atoms with Crippen molar-refractivity contribution in [1.29, 1.82) is 0 Å². The van der Waals surface area contributed by atoms with Crippen LogP contribution in [0.2, 0.25) is 0 Å². The molecule has 1 aromatic heterocycles. The average Bonchev–Trinajstić information content (AvgIpc) is 2.13. The van der Waals surface area contributed by atoms with Gasteiger partial charge in [-0.25, -0.2) is 4.98 Å². The van der Waals surface area contributed by atoms with Gasteiger partial charge in [0, 0.05) is 17.8 Å². The topological polar surface area (TPSA) is 74.9 Å². The minimum Gasteiger partial charge on any atom is -0.388 e. The number of aliphatic hydroxyl groups is 1. The molecule has 0 fully saturated rings. The SMILES string of the molecule is CC1(C)Cc2[nH]c(=S)nc(CN)c2C(O)C1. The van der Waals surface area contributed by atoms with Crippen LogP contribution < -0.4 is 5.73 Å². The predicted molar refractivity (Wildman–Crippen MR) is 64.4 cm³/mol. The lowest BCUT2D eigenvalue weighted by Gasteiger charge is -2.35. The number of rotatable bonds is 1. The highest BCUT2D eigenvalue weighted by molar-refractivity contribution is 7.71. The van der Waals surface area contributed by atoms with Crippen LogP contribution in [0.5, 0.6) is 0 Å². The fourth-order valence-corrected chi connectivity index (χ4v) is 2.68. The van der Waals surface area contributed by atoms with E-state index < -0.39 is 6.10 Å². The standard InChI is InChI=1S/C11H17N3OS/c1-11(2)3-6-9(8(15)4-11)7(5-12)14-10(16)13-6/h8,15H,3-5,12H2,1-2H3,(H,13,14,16). The van der Waals surface area contributed by atoms with Gasteiger partial charge in [-0.1, -0.05) is 13.8 Å². The number of hydrogen-bond acceptors (Lipinski definition) is 4. The minimum atomic E-state index is -0.489. The number of nitrogens with zero attached hydrogens (tertiary/aromatic N) is 1. The molecule has 1 aromatic rings. The summed E-state index contributed by atoms with van der Waals surface area (Å²) in [4.78, 5) is 7.25. The zero-order valence-electron chi connectivity index (χ0n) is 9.58. The number of hydrogen-bond donors (Lipinski definition) is 3. The van der Waals surface area contributed by atoms with Crippen LogP contribution in [0.25, 0.3) is 0 Å². The molecule has 0 bridgehead atoms. The van der Waals surface area contributed by atoms with Crippen LogP contribution in [0.4, 0.5) is 0 Å². The Hall–Kier alpha value is -0.780. The van der Waals surface area contributed by atoms with Gasteiger partial charge in [0.2, 0.25) is 0 Å². The summed E-state index contributed by atoms with van der Waals surface area (Å²) in [5, 5.41) is 10.2. The first kappa shape index (κ1) is 11.7. The molecule has 88 valence electrons. The number of nitrogens with one attached hydrogen (secondary N) is 1. The maximum atomic E-state index is 10.2. The second kappa shape index (κ2) is 3.91. The van der Waals surface area contributed by atoms with Crippen molar-refractivity contribution in [3.8, 4) is 0 Å². The molecule has 16 heavy (non-hydrogen) atoms. The van der Waals surface area contributed by atoms with E-state index in [1.165, 1.54) is 0 Å². The normalized spacial score (nSPS) is 22.9. The summed E-state index contributed by atoms with van der Waals surface area (Å²) in [6.07, 6.45) is 1.12. The van der Waals surface area contributed by atoms with Crippen molar-refractivity contribution in [2.24, 2.45) is 11.1 Å². The summed E-state index contributed by atoms with van der Waals surface area (Å²) < 4.78 is 0.448. The first-order valence-corrected chi connectivity index (χ1v) is 5.84. The minimum absolute atomic E-state index is 0.0813. The molecule has 0 saturated carbocycles. The molecule has 4 N–H and O–H groups in total. The smallest absolute Gasteiger partial charge is 0.197 e. The Labute approximate surface area is 99.9 Å². The lowest BCUT2D eigenvalue weighted by atomic mass is 9.74. The number of fused-ring (bicyclic) bond motifs is 1. The summed E-state index contributed by atoms with van der Waals surface area (Å²) in [5.41, 5.74) is 8.29. The Bertz CT molecular complexity index is 467. The van der Waals surface area contributed by atoms with Crippen molar-refractivity contribution in [1.82, 2.24) is 9.97 Å². The van der Waals surface area contributed by atoms with Crippen LogP contribution in [0, 0.1) is 10.2 Å². The van der Waals surface area contributed by atoms with Crippen molar-refractivity contribution in [3.05, 3.63) is 21.7 Å². The molecule has 4 nitrogen and oxygen atoms in total. The van der Waals surface area contributed by atoms with E-state index in [1.807, 2.05) is 0 Å². The molecular weight excluding hydrogens is 222 g/mol. The Morgan fingerprint density at radius 2 is 2.31 bits per heavy atom. The van der Waals surface area contributed by atoms with E-state index in [2.05, 4.69) is 23.8 Å². The fourth-order valence-electron chi connectivity index (χ4n) is 2.45. The molecule has 2 rings (SSSR count). The van der Waals surface area contributed by atoms with Gasteiger partial charge in [-0.2, -0.15) is 0 Å². The summed E-state index contributed by atoms with van der Waals surface area (Å²) in [5.74, 6) is 0. The molecule has 5 heteroatoms. The molecule has 0 aliphatic heterocycles. The van der Waals surface area contributed by atoms with Gasteiger partial charge < -0.3 is 15.8 Å². The Morgan fingerprint density at radius 3 is 2.94 bits per heavy atom. The maximum absolute atomic E-state index is 10.2. The van der Waals surface area contributed by atoms with E-state index in [0.717, 1.165) is 29.8 Å².